The Hall–Kier alpha value is -0.690. The summed E-state index contributed by atoms with van der Waals surface area (Å²) in [4.78, 5) is 0. The highest BCUT2D eigenvalue weighted by Crippen LogP contribution is 2.06. The smallest absolute Gasteiger partial charge is 0.399 e. The second kappa shape index (κ2) is 4.01. The van der Waals surface area contributed by atoms with Crippen molar-refractivity contribution in [2.24, 2.45) is 0 Å². The minimum atomic E-state index is -3.70. The predicted molar refractivity (Wildman–Crippen MR) is 55.3 cm³/mol. The van der Waals surface area contributed by atoms with Gasteiger partial charge in [-0.1, -0.05) is 12.1 Å². The molecule has 0 unspecified atom stereocenters. The van der Waals surface area contributed by atoms with Gasteiger partial charge in [0.25, 0.3) is 10.3 Å². The van der Waals surface area contributed by atoms with Crippen LogP contribution in [0, 0.1) is 0 Å². The van der Waals surface area contributed by atoms with E-state index in [1.54, 1.807) is 24.3 Å². The van der Waals surface area contributed by atoms with Gasteiger partial charge in [0.2, 0.25) is 5.75 Å². The van der Waals surface area contributed by atoms with Crippen LogP contribution in [0.2, 0.25) is 0 Å². The van der Waals surface area contributed by atoms with Gasteiger partial charge < -0.3 is 5.73 Å². The van der Waals surface area contributed by atoms with Gasteiger partial charge in [0, 0.05) is 11.3 Å². The van der Waals surface area contributed by atoms with Crippen molar-refractivity contribution in [2.75, 3.05) is 5.73 Å². The van der Waals surface area contributed by atoms with E-state index in [-0.39, 0.29) is 5.75 Å². The van der Waals surface area contributed by atoms with Crippen LogP contribution in [0.5, 0.6) is 0 Å². The summed E-state index contributed by atoms with van der Waals surface area (Å²) in [5, 5.41) is 0. The van der Waals surface area contributed by atoms with E-state index in [4.69, 9.17) is 14.8 Å². The molecule has 0 saturated carbocycles. The summed E-state index contributed by atoms with van der Waals surface area (Å²) in [6.45, 7) is 0. The first kappa shape index (κ1) is 10.4. The molecule has 1 aromatic carbocycles. The maximum Gasteiger partial charge on any atom is 0.430 e. The SMILES string of the molecule is Nc1ccc(C[S+]=S(=O)(O)O)cc1. The molecule has 72 valence electrons. The lowest BCUT2D eigenvalue weighted by molar-refractivity contribution is 0.450. The molecule has 0 fully saturated rings. The number of rotatable bonds is 2. The van der Waals surface area contributed by atoms with Gasteiger partial charge in [0.05, 0.1) is 0 Å². The lowest BCUT2D eigenvalue weighted by Crippen LogP contribution is -1.97. The summed E-state index contributed by atoms with van der Waals surface area (Å²) in [6, 6.07) is 6.89. The molecule has 0 atom stereocenters. The molecule has 0 aromatic heterocycles. The van der Waals surface area contributed by atoms with E-state index in [9.17, 15) is 4.21 Å². The van der Waals surface area contributed by atoms with Crippen LogP contribution in [-0.2, 0) is 25.1 Å². The molecule has 0 aliphatic heterocycles. The van der Waals surface area contributed by atoms with Gasteiger partial charge >= 0.3 is 9.05 Å². The van der Waals surface area contributed by atoms with Crippen molar-refractivity contribution in [1.29, 1.82) is 0 Å². The Labute approximate surface area is 80.1 Å². The summed E-state index contributed by atoms with van der Waals surface area (Å²) in [5.41, 5.74) is 6.93. The standard InChI is InChI=1S/C7H9NO3S2/c8-7-3-1-6(2-4-7)5-12-13(9,10)11/h1-4H,5,8H2,(H-,9,10,11)/p+1. The quantitative estimate of drug-likeness (QED) is 0.513. The molecule has 0 spiro atoms. The second-order valence-electron chi connectivity index (χ2n) is 2.45. The summed E-state index contributed by atoms with van der Waals surface area (Å²) in [6.07, 6.45) is 0. The average molecular weight is 220 g/mol. The Morgan fingerprint density at radius 3 is 2.31 bits per heavy atom. The van der Waals surface area contributed by atoms with Crippen LogP contribution < -0.4 is 5.73 Å². The largest absolute Gasteiger partial charge is 0.430 e. The van der Waals surface area contributed by atoms with Crippen molar-refractivity contribution in [2.45, 2.75) is 5.75 Å². The second-order valence-corrected chi connectivity index (χ2v) is 5.88. The number of nitrogens with two attached hydrogens (primary N) is 1. The fourth-order valence-corrected chi connectivity index (χ4v) is 2.11. The van der Waals surface area contributed by atoms with Gasteiger partial charge in [-0.3, -0.25) is 9.11 Å². The van der Waals surface area contributed by atoms with Crippen molar-refractivity contribution >= 4 is 25.1 Å². The topological polar surface area (TPSA) is 83.6 Å². The summed E-state index contributed by atoms with van der Waals surface area (Å²) in [7, 11) is -3.11. The van der Waals surface area contributed by atoms with Crippen molar-refractivity contribution in [3.63, 3.8) is 0 Å². The fraction of sp³-hybridized carbons (Fsp3) is 0.143. The molecule has 4 N–H and O–H groups in total. The molecular weight excluding hydrogens is 210 g/mol. The van der Waals surface area contributed by atoms with E-state index >= 15 is 0 Å². The molecule has 0 amide bonds. The zero-order valence-corrected chi connectivity index (χ0v) is 8.35. The van der Waals surface area contributed by atoms with Crippen molar-refractivity contribution < 1.29 is 13.3 Å². The third-order valence-corrected chi connectivity index (χ3v) is 3.39. The molecule has 0 heterocycles. The highest BCUT2D eigenvalue weighted by molar-refractivity contribution is 8.33. The first-order valence-electron chi connectivity index (χ1n) is 3.45. The van der Waals surface area contributed by atoms with Crippen LogP contribution in [0.1, 0.15) is 5.56 Å². The van der Waals surface area contributed by atoms with Crippen LogP contribution in [0.25, 0.3) is 0 Å². The Morgan fingerprint density at radius 2 is 1.85 bits per heavy atom. The Bertz CT molecular complexity index is 385. The van der Waals surface area contributed by atoms with Crippen LogP contribution in [0.15, 0.2) is 24.3 Å². The summed E-state index contributed by atoms with van der Waals surface area (Å²) < 4.78 is 27.6. The van der Waals surface area contributed by atoms with Gasteiger partial charge in [-0.05, 0) is 12.1 Å². The maximum absolute atomic E-state index is 10.5. The van der Waals surface area contributed by atoms with E-state index in [1.165, 1.54) is 0 Å². The van der Waals surface area contributed by atoms with E-state index in [0.29, 0.717) is 16.0 Å². The van der Waals surface area contributed by atoms with E-state index in [0.717, 1.165) is 5.56 Å². The highest BCUT2D eigenvalue weighted by atomic mass is 32.9. The molecule has 0 bridgehead atoms. The van der Waals surface area contributed by atoms with E-state index < -0.39 is 9.05 Å². The van der Waals surface area contributed by atoms with Crippen LogP contribution >= 0.6 is 0 Å². The van der Waals surface area contributed by atoms with Crippen LogP contribution in [0.4, 0.5) is 5.69 Å². The third kappa shape index (κ3) is 4.18. The average Bonchev–Trinajstić information content (AvgIpc) is 2.02. The molecule has 0 radical (unpaired) electrons. The highest BCUT2D eigenvalue weighted by Gasteiger charge is 2.09. The zero-order chi connectivity index (χ0) is 9.90. The molecule has 0 aliphatic carbocycles. The van der Waals surface area contributed by atoms with Crippen LogP contribution in [-0.4, -0.2) is 13.3 Å². The predicted octanol–water partition coefficient (Wildman–Crippen LogP) is 0.997. The van der Waals surface area contributed by atoms with Gasteiger partial charge in [-0.25, -0.2) is 0 Å². The summed E-state index contributed by atoms with van der Waals surface area (Å²) in [5.74, 6) is 0.284. The Morgan fingerprint density at radius 1 is 1.31 bits per heavy atom. The zero-order valence-electron chi connectivity index (χ0n) is 6.71. The lowest BCUT2D eigenvalue weighted by atomic mass is 10.2. The van der Waals surface area contributed by atoms with Gasteiger partial charge in [-0.15, -0.1) is 0 Å². The fourth-order valence-electron chi connectivity index (χ4n) is 0.759. The normalized spacial score (nSPS) is 11.2. The molecule has 6 heteroatoms. The molecule has 0 aliphatic rings. The molecule has 1 aromatic rings. The number of hydrogen-bond acceptors (Lipinski definition) is 2. The van der Waals surface area contributed by atoms with E-state index in [2.05, 4.69) is 0 Å². The van der Waals surface area contributed by atoms with Crippen molar-refractivity contribution in [1.82, 2.24) is 0 Å². The number of anilines is 1. The van der Waals surface area contributed by atoms with Crippen molar-refractivity contribution in [3.05, 3.63) is 29.8 Å². The molecule has 1 rings (SSSR count). The number of benzene rings is 1. The molecule has 4 nitrogen and oxygen atoms in total. The number of hydrogen-bond donors (Lipinski definition) is 3. The monoisotopic (exact) mass is 220 g/mol. The minimum Gasteiger partial charge on any atom is -0.399 e. The maximum atomic E-state index is 10.5. The number of nitrogen functional groups attached to an aromatic ring is 1. The third-order valence-electron chi connectivity index (χ3n) is 1.36. The Kier molecular flexibility index (Phi) is 3.21. The lowest BCUT2D eigenvalue weighted by Gasteiger charge is -1.91. The van der Waals surface area contributed by atoms with E-state index in [1.807, 2.05) is 0 Å². The van der Waals surface area contributed by atoms with Crippen LogP contribution in [0.3, 0.4) is 0 Å². The van der Waals surface area contributed by atoms with Gasteiger partial charge in [-0.2, -0.15) is 4.21 Å². The van der Waals surface area contributed by atoms with Crippen molar-refractivity contribution in [3.8, 4) is 0 Å². The Balaban J connectivity index is 2.77. The molecule has 13 heavy (non-hydrogen) atoms. The molecular formula is C7H10NO3S2+. The van der Waals surface area contributed by atoms with Gasteiger partial charge in [0.1, 0.15) is 0 Å². The minimum absolute atomic E-state index is 0.284. The van der Waals surface area contributed by atoms with Gasteiger partial charge in [0.15, 0.2) is 0 Å². The first-order chi connectivity index (χ1) is 5.97. The first-order valence-corrected chi connectivity index (χ1v) is 6.43. The summed E-state index contributed by atoms with van der Waals surface area (Å²) >= 11 is 0. The molecule has 0 saturated heterocycles.